The van der Waals surface area contributed by atoms with E-state index < -0.39 is 0 Å². The van der Waals surface area contributed by atoms with Crippen LogP contribution in [0.3, 0.4) is 0 Å². The van der Waals surface area contributed by atoms with Crippen molar-refractivity contribution in [3.8, 4) is 0 Å². The molecule has 0 heterocycles. The number of quaternary nitrogens is 1. The third-order valence-corrected chi connectivity index (χ3v) is 2.48. The fourth-order valence-electron chi connectivity index (χ4n) is 1.65. The minimum absolute atomic E-state index is 0.170. The second-order valence-electron chi connectivity index (χ2n) is 4.34. The number of hydrogen-bond donors (Lipinski definition) is 3. The Hall–Kier alpha value is -1.43. The first-order valence-corrected chi connectivity index (χ1v) is 6.88. The van der Waals surface area contributed by atoms with Gasteiger partial charge in [-0.25, -0.2) is 4.79 Å². The van der Waals surface area contributed by atoms with Crippen molar-refractivity contribution < 1.29 is 24.6 Å². The van der Waals surface area contributed by atoms with E-state index in [1.807, 2.05) is 25.2 Å². The van der Waals surface area contributed by atoms with Crippen LogP contribution in [-0.2, 0) is 11.3 Å². The summed E-state index contributed by atoms with van der Waals surface area (Å²) >= 11 is 0. The maximum Gasteiger partial charge on any atom is 0.338 e. The molecule has 0 saturated heterocycles. The Morgan fingerprint density at radius 2 is 1.95 bits per heavy atom. The zero-order valence-corrected chi connectivity index (χ0v) is 12.6. The van der Waals surface area contributed by atoms with Crippen molar-refractivity contribution in [1.82, 2.24) is 0 Å². The van der Waals surface area contributed by atoms with Crippen molar-refractivity contribution in [1.29, 1.82) is 0 Å². The molecule has 1 aromatic carbocycles. The summed E-state index contributed by atoms with van der Waals surface area (Å²) in [6.45, 7) is 5.76. The number of hydrogen-bond acceptors (Lipinski definition) is 4. The first-order chi connectivity index (χ1) is 9.58. The molecule has 5 heteroatoms. The van der Waals surface area contributed by atoms with Crippen molar-refractivity contribution in [3.63, 3.8) is 0 Å². The van der Waals surface area contributed by atoms with Gasteiger partial charge in [0.25, 0.3) is 0 Å². The van der Waals surface area contributed by atoms with Crippen molar-refractivity contribution >= 4 is 5.97 Å². The number of rotatable bonds is 6. The molecule has 0 bridgehead atoms. The van der Waals surface area contributed by atoms with Gasteiger partial charge in [0.2, 0.25) is 0 Å². The van der Waals surface area contributed by atoms with Crippen molar-refractivity contribution in [3.05, 3.63) is 35.4 Å². The predicted octanol–water partition coefficient (Wildman–Crippen LogP) is -0.131. The Morgan fingerprint density at radius 3 is 2.50 bits per heavy atom. The molecule has 0 radical (unpaired) electrons. The number of carbonyl (C=O) groups is 1. The Kier molecular flexibility index (Phi) is 10.6. The lowest BCUT2D eigenvalue weighted by atomic mass is 10.1. The van der Waals surface area contributed by atoms with Crippen LogP contribution in [0.2, 0.25) is 0 Å². The van der Waals surface area contributed by atoms with Crippen LogP contribution in [0, 0.1) is 0 Å². The van der Waals surface area contributed by atoms with E-state index in [0.717, 1.165) is 12.1 Å². The number of ether oxygens (including phenoxy) is 1. The van der Waals surface area contributed by atoms with Gasteiger partial charge in [-0.3, -0.25) is 0 Å². The van der Waals surface area contributed by atoms with Crippen LogP contribution in [0.4, 0.5) is 0 Å². The summed E-state index contributed by atoms with van der Waals surface area (Å²) in [5, 5.41) is 16.4. The molecular formula is C15H26NO4+. The van der Waals surface area contributed by atoms with E-state index in [4.69, 9.17) is 14.9 Å². The summed E-state index contributed by atoms with van der Waals surface area (Å²) in [5.41, 5.74) is 1.66. The fourth-order valence-corrected chi connectivity index (χ4v) is 1.65. The summed E-state index contributed by atoms with van der Waals surface area (Å²) in [4.78, 5) is 12.7. The van der Waals surface area contributed by atoms with E-state index >= 15 is 0 Å². The van der Waals surface area contributed by atoms with E-state index in [1.165, 1.54) is 4.90 Å². The van der Waals surface area contributed by atoms with Crippen molar-refractivity contribution in [2.45, 2.75) is 20.4 Å². The molecule has 0 saturated carbocycles. The molecule has 0 aromatic heterocycles. The van der Waals surface area contributed by atoms with Gasteiger partial charge in [-0.1, -0.05) is 12.1 Å². The normalized spacial score (nSPS) is 11.2. The van der Waals surface area contributed by atoms with Gasteiger partial charge in [-0.15, -0.1) is 0 Å². The highest BCUT2D eigenvalue weighted by Crippen LogP contribution is 2.06. The molecule has 0 aliphatic carbocycles. The summed E-state index contributed by atoms with van der Waals surface area (Å²) < 4.78 is 4.95. The lowest BCUT2D eigenvalue weighted by Gasteiger charge is -2.12. The van der Waals surface area contributed by atoms with Crippen LogP contribution < -0.4 is 4.90 Å². The second-order valence-corrected chi connectivity index (χ2v) is 4.34. The van der Waals surface area contributed by atoms with Gasteiger partial charge in [0.05, 0.1) is 25.8 Å². The maximum atomic E-state index is 11.5. The Morgan fingerprint density at radius 1 is 1.30 bits per heavy atom. The zero-order chi connectivity index (χ0) is 15.4. The number of carbonyl (C=O) groups excluding carboxylic acids is 1. The average molecular weight is 284 g/mol. The molecule has 20 heavy (non-hydrogen) atoms. The molecule has 0 aliphatic rings. The molecule has 0 fully saturated rings. The monoisotopic (exact) mass is 284 g/mol. The molecule has 5 nitrogen and oxygen atoms in total. The van der Waals surface area contributed by atoms with Gasteiger partial charge in [0.15, 0.2) is 0 Å². The van der Waals surface area contributed by atoms with Crippen LogP contribution >= 0.6 is 0 Å². The third-order valence-electron chi connectivity index (χ3n) is 2.48. The maximum absolute atomic E-state index is 11.5. The van der Waals surface area contributed by atoms with E-state index in [0.29, 0.717) is 18.7 Å². The van der Waals surface area contributed by atoms with Crippen LogP contribution in [-0.4, -0.2) is 49.6 Å². The van der Waals surface area contributed by atoms with Gasteiger partial charge < -0.3 is 19.8 Å². The quantitative estimate of drug-likeness (QED) is 0.636. The number of benzene rings is 1. The molecular weight excluding hydrogens is 258 g/mol. The first kappa shape index (κ1) is 18.6. The summed E-state index contributed by atoms with van der Waals surface area (Å²) in [6, 6.07) is 7.43. The number of nitrogens with one attached hydrogen (secondary N) is 1. The van der Waals surface area contributed by atoms with E-state index in [-0.39, 0.29) is 19.2 Å². The lowest BCUT2D eigenvalue weighted by Crippen LogP contribution is -3.08. The number of esters is 1. The van der Waals surface area contributed by atoms with Gasteiger partial charge in [0, 0.05) is 12.2 Å². The minimum Gasteiger partial charge on any atom is -0.462 e. The first-order valence-electron chi connectivity index (χ1n) is 6.88. The number of aliphatic hydroxyl groups excluding tert-OH is 2. The van der Waals surface area contributed by atoms with Gasteiger partial charge in [-0.2, -0.15) is 0 Å². The van der Waals surface area contributed by atoms with Crippen LogP contribution in [0.15, 0.2) is 24.3 Å². The SMILES string of the molecule is CCO.CCOC(=O)c1cccc(C[NH+](C)CCO)c1. The molecule has 1 rings (SSSR count). The molecule has 0 aliphatic heterocycles. The Labute approximate surface area is 120 Å². The Bertz CT molecular complexity index is 382. The molecule has 1 aromatic rings. The molecule has 3 N–H and O–H groups in total. The highest BCUT2D eigenvalue weighted by atomic mass is 16.5. The summed E-state index contributed by atoms with van der Waals surface area (Å²) in [7, 11) is 2.01. The van der Waals surface area contributed by atoms with E-state index in [9.17, 15) is 4.79 Å². The van der Waals surface area contributed by atoms with Gasteiger partial charge >= 0.3 is 5.97 Å². The van der Waals surface area contributed by atoms with Crippen molar-refractivity contribution in [2.24, 2.45) is 0 Å². The smallest absolute Gasteiger partial charge is 0.338 e. The zero-order valence-electron chi connectivity index (χ0n) is 12.6. The van der Waals surface area contributed by atoms with Gasteiger partial charge in [0.1, 0.15) is 13.1 Å². The molecule has 0 amide bonds. The molecule has 114 valence electrons. The predicted molar refractivity (Wildman–Crippen MR) is 77.7 cm³/mol. The molecule has 0 spiro atoms. The second kappa shape index (κ2) is 11.4. The van der Waals surface area contributed by atoms with E-state index in [1.54, 1.807) is 19.9 Å². The minimum atomic E-state index is -0.283. The average Bonchev–Trinajstić information content (AvgIpc) is 2.40. The van der Waals surface area contributed by atoms with Crippen LogP contribution in [0.1, 0.15) is 29.8 Å². The lowest BCUT2D eigenvalue weighted by molar-refractivity contribution is -0.894. The third kappa shape index (κ3) is 7.89. The fraction of sp³-hybridized carbons (Fsp3) is 0.533. The molecule has 1 unspecified atom stereocenters. The molecule has 1 atom stereocenters. The highest BCUT2D eigenvalue weighted by molar-refractivity contribution is 5.89. The van der Waals surface area contributed by atoms with Crippen LogP contribution in [0.5, 0.6) is 0 Å². The highest BCUT2D eigenvalue weighted by Gasteiger charge is 2.08. The number of aliphatic hydroxyl groups is 2. The summed E-state index contributed by atoms with van der Waals surface area (Å²) in [6.07, 6.45) is 0. The van der Waals surface area contributed by atoms with E-state index in [2.05, 4.69) is 0 Å². The standard InChI is InChI=1S/C13H19NO3.C2H6O/c1-3-17-13(16)12-6-4-5-11(9-12)10-14(2)7-8-15;1-2-3/h4-6,9,15H,3,7-8,10H2,1-2H3;3H,2H2,1H3/p+1. The number of likely N-dealkylation sites (N-methyl/N-ethyl adjacent to an activating group) is 1. The Balaban J connectivity index is 0.00000110. The topological polar surface area (TPSA) is 71.2 Å². The summed E-state index contributed by atoms with van der Waals surface area (Å²) in [5.74, 6) is -0.283. The van der Waals surface area contributed by atoms with Crippen molar-refractivity contribution in [2.75, 3.05) is 33.4 Å². The van der Waals surface area contributed by atoms with Gasteiger partial charge in [-0.05, 0) is 26.0 Å². The van der Waals surface area contributed by atoms with Crippen LogP contribution in [0.25, 0.3) is 0 Å². The largest absolute Gasteiger partial charge is 0.462 e.